The van der Waals surface area contributed by atoms with Crippen LogP contribution in [0.25, 0.3) is 0 Å². The van der Waals surface area contributed by atoms with Gasteiger partial charge in [-0.15, -0.1) is 0 Å². The lowest BCUT2D eigenvalue weighted by Gasteiger charge is -2.23. The van der Waals surface area contributed by atoms with Crippen molar-refractivity contribution in [1.82, 2.24) is 10.1 Å². The molecule has 1 atom stereocenters. The molecule has 27 heavy (non-hydrogen) atoms. The van der Waals surface area contributed by atoms with Crippen molar-refractivity contribution in [2.45, 2.75) is 39.2 Å². The van der Waals surface area contributed by atoms with Crippen LogP contribution in [0.2, 0.25) is 0 Å². The largest absolute Gasteiger partial charge is 0.493 e. The van der Waals surface area contributed by atoms with E-state index in [1.54, 1.807) is 39.3 Å². The molecule has 2 rings (SSSR count). The summed E-state index contributed by atoms with van der Waals surface area (Å²) in [6, 6.07) is 5.17. The summed E-state index contributed by atoms with van der Waals surface area (Å²) in [4.78, 5) is 14.4. The van der Waals surface area contributed by atoms with Crippen LogP contribution < -0.4 is 9.47 Å². The predicted molar refractivity (Wildman–Crippen MR) is 101 cm³/mol. The molecule has 1 heterocycles. The van der Waals surface area contributed by atoms with Gasteiger partial charge in [0, 0.05) is 12.5 Å². The molecule has 7 nitrogen and oxygen atoms in total. The van der Waals surface area contributed by atoms with Crippen molar-refractivity contribution in [1.29, 1.82) is 0 Å². The smallest absolute Gasteiger partial charge is 0.259 e. The van der Waals surface area contributed by atoms with Crippen molar-refractivity contribution in [3.8, 4) is 11.5 Å². The third-order valence-electron chi connectivity index (χ3n) is 4.37. The maximum absolute atomic E-state index is 13.0. The lowest BCUT2D eigenvalue weighted by molar-refractivity contribution is 0.0677. The van der Waals surface area contributed by atoms with Crippen LogP contribution in [-0.2, 0) is 5.41 Å². The van der Waals surface area contributed by atoms with E-state index in [4.69, 9.17) is 14.0 Å². The van der Waals surface area contributed by atoms with Crippen LogP contribution >= 0.6 is 0 Å². The lowest BCUT2D eigenvalue weighted by atomic mass is 9.88. The van der Waals surface area contributed by atoms with Gasteiger partial charge in [-0.2, -0.15) is 0 Å². The fourth-order valence-electron chi connectivity index (χ4n) is 2.83. The second kappa shape index (κ2) is 8.00. The van der Waals surface area contributed by atoms with Crippen LogP contribution in [0.5, 0.6) is 11.5 Å². The van der Waals surface area contributed by atoms with Crippen molar-refractivity contribution in [3.05, 3.63) is 40.8 Å². The van der Waals surface area contributed by atoms with Gasteiger partial charge in [0.25, 0.3) is 5.91 Å². The molecule has 1 amide bonds. The standard InChI is InChI=1S/C20H28N2O5/c1-12-17(18(21-27-12)20(2,3)4)19(24)22(5)11-14(23)13-8-9-15(25-6)16(10-13)26-7/h8-10,14,23H,11H2,1-7H3. The van der Waals surface area contributed by atoms with E-state index in [1.165, 1.54) is 12.0 Å². The quantitative estimate of drug-likeness (QED) is 0.834. The molecule has 0 aliphatic rings. The van der Waals surface area contributed by atoms with Crippen LogP contribution in [0.3, 0.4) is 0 Å². The molecular formula is C20H28N2O5. The third-order valence-corrected chi connectivity index (χ3v) is 4.37. The molecule has 0 aliphatic carbocycles. The van der Waals surface area contributed by atoms with Gasteiger partial charge in [-0.05, 0) is 24.6 Å². The molecule has 1 unspecified atom stereocenters. The molecule has 1 N–H and O–H groups in total. The van der Waals surface area contributed by atoms with E-state index in [2.05, 4.69) is 5.16 Å². The topological polar surface area (TPSA) is 85.0 Å². The minimum absolute atomic E-state index is 0.114. The first-order valence-corrected chi connectivity index (χ1v) is 8.72. The summed E-state index contributed by atoms with van der Waals surface area (Å²) in [6.45, 7) is 7.75. The molecule has 0 radical (unpaired) electrons. The SMILES string of the molecule is COc1ccc(C(O)CN(C)C(=O)c2c(C(C)(C)C)noc2C)cc1OC. The Morgan fingerprint density at radius 1 is 1.26 bits per heavy atom. The Morgan fingerprint density at radius 2 is 1.89 bits per heavy atom. The average molecular weight is 376 g/mol. The molecule has 148 valence electrons. The molecule has 0 bridgehead atoms. The van der Waals surface area contributed by atoms with E-state index < -0.39 is 6.10 Å². The van der Waals surface area contributed by atoms with Crippen LogP contribution in [-0.4, -0.2) is 48.9 Å². The van der Waals surface area contributed by atoms with E-state index in [1.807, 2.05) is 20.8 Å². The van der Waals surface area contributed by atoms with E-state index in [-0.39, 0.29) is 17.9 Å². The van der Waals surface area contributed by atoms with Gasteiger partial charge in [0.2, 0.25) is 0 Å². The molecule has 0 aliphatic heterocycles. The minimum Gasteiger partial charge on any atom is -0.493 e. The van der Waals surface area contributed by atoms with E-state index in [9.17, 15) is 9.90 Å². The second-order valence-electron chi connectivity index (χ2n) is 7.53. The van der Waals surface area contributed by atoms with Gasteiger partial charge in [-0.1, -0.05) is 32.0 Å². The number of aliphatic hydroxyl groups is 1. The molecule has 2 aromatic rings. The number of hydrogen-bond donors (Lipinski definition) is 1. The van der Waals surface area contributed by atoms with Gasteiger partial charge < -0.3 is 24.0 Å². The van der Waals surface area contributed by atoms with Crippen LogP contribution in [0.4, 0.5) is 0 Å². The molecule has 7 heteroatoms. The number of aromatic nitrogens is 1. The first-order valence-electron chi connectivity index (χ1n) is 8.72. The van der Waals surface area contributed by atoms with Crippen LogP contribution in [0, 0.1) is 6.92 Å². The number of hydrogen-bond acceptors (Lipinski definition) is 6. The number of carbonyl (C=O) groups is 1. The molecule has 0 fully saturated rings. The van der Waals surface area contributed by atoms with Gasteiger partial charge in [-0.25, -0.2) is 0 Å². The fraction of sp³-hybridized carbons (Fsp3) is 0.500. The molecule has 1 aromatic heterocycles. The van der Waals surface area contributed by atoms with Gasteiger partial charge in [-0.3, -0.25) is 4.79 Å². The van der Waals surface area contributed by atoms with Crippen LogP contribution in [0.15, 0.2) is 22.7 Å². The summed E-state index contributed by atoms with van der Waals surface area (Å²) in [5.41, 5.74) is 1.36. The highest BCUT2D eigenvalue weighted by Gasteiger charge is 2.31. The number of ether oxygens (including phenoxy) is 2. The maximum Gasteiger partial charge on any atom is 0.259 e. The summed E-state index contributed by atoms with van der Waals surface area (Å²) < 4.78 is 15.7. The number of methoxy groups -OCH3 is 2. The van der Waals surface area contributed by atoms with Crippen molar-refractivity contribution in [2.24, 2.45) is 0 Å². The number of carbonyl (C=O) groups excluding carboxylic acids is 1. The van der Waals surface area contributed by atoms with Crippen molar-refractivity contribution >= 4 is 5.91 Å². The highest BCUT2D eigenvalue weighted by Crippen LogP contribution is 2.31. The summed E-state index contributed by atoms with van der Waals surface area (Å²) in [7, 11) is 4.73. The Kier molecular flexibility index (Phi) is 6.15. The van der Waals surface area contributed by atoms with Gasteiger partial charge in [0.15, 0.2) is 11.5 Å². The number of rotatable bonds is 6. The molecule has 1 aromatic carbocycles. The highest BCUT2D eigenvalue weighted by atomic mass is 16.5. The predicted octanol–water partition coefficient (Wildman–Crippen LogP) is 3.10. The Hall–Kier alpha value is -2.54. The number of benzene rings is 1. The van der Waals surface area contributed by atoms with Crippen molar-refractivity contribution in [3.63, 3.8) is 0 Å². The Labute approximate surface area is 159 Å². The minimum atomic E-state index is -0.878. The Morgan fingerprint density at radius 3 is 2.44 bits per heavy atom. The number of aliphatic hydroxyl groups excluding tert-OH is 1. The lowest BCUT2D eigenvalue weighted by Crippen LogP contribution is -2.33. The van der Waals surface area contributed by atoms with E-state index >= 15 is 0 Å². The zero-order valence-corrected chi connectivity index (χ0v) is 17.0. The Balaban J connectivity index is 2.21. The number of likely N-dealkylation sites (N-methyl/N-ethyl adjacent to an activating group) is 1. The number of amides is 1. The molecular weight excluding hydrogens is 348 g/mol. The summed E-state index contributed by atoms with van der Waals surface area (Å²) in [5.74, 6) is 1.33. The average Bonchev–Trinajstić information content (AvgIpc) is 3.02. The fourth-order valence-corrected chi connectivity index (χ4v) is 2.83. The van der Waals surface area contributed by atoms with Crippen molar-refractivity contribution < 1.29 is 23.9 Å². The number of nitrogens with zero attached hydrogens (tertiary/aromatic N) is 2. The maximum atomic E-state index is 13.0. The highest BCUT2D eigenvalue weighted by molar-refractivity contribution is 5.96. The zero-order valence-electron chi connectivity index (χ0n) is 17.0. The Bertz CT molecular complexity index is 807. The van der Waals surface area contributed by atoms with Crippen LogP contribution in [0.1, 0.15) is 54.3 Å². The monoisotopic (exact) mass is 376 g/mol. The first kappa shape index (κ1) is 20.8. The number of aryl methyl sites for hydroxylation is 1. The van der Waals surface area contributed by atoms with E-state index in [0.717, 1.165) is 0 Å². The molecule has 0 saturated heterocycles. The summed E-state index contributed by atoms with van der Waals surface area (Å²) in [6.07, 6.45) is -0.878. The molecule has 0 spiro atoms. The van der Waals surface area contributed by atoms with Gasteiger partial charge >= 0.3 is 0 Å². The van der Waals surface area contributed by atoms with Crippen molar-refractivity contribution in [2.75, 3.05) is 27.8 Å². The summed E-state index contributed by atoms with van der Waals surface area (Å²) >= 11 is 0. The van der Waals surface area contributed by atoms with Gasteiger partial charge in [0.05, 0.1) is 26.9 Å². The van der Waals surface area contributed by atoms with Gasteiger partial charge in [0.1, 0.15) is 17.0 Å². The second-order valence-corrected chi connectivity index (χ2v) is 7.53. The zero-order chi connectivity index (χ0) is 20.4. The third kappa shape index (κ3) is 4.42. The first-order chi connectivity index (χ1) is 12.6. The molecule has 0 saturated carbocycles. The van der Waals surface area contributed by atoms with E-state index in [0.29, 0.717) is 34.1 Å². The summed E-state index contributed by atoms with van der Waals surface area (Å²) in [5, 5.41) is 14.6. The normalized spacial score (nSPS) is 12.6.